The van der Waals surface area contributed by atoms with Crippen molar-refractivity contribution >= 4 is 29.9 Å². The van der Waals surface area contributed by atoms with Crippen LogP contribution in [0.4, 0.5) is 0 Å². The van der Waals surface area contributed by atoms with Gasteiger partial charge >= 0.3 is 0 Å². The summed E-state index contributed by atoms with van der Waals surface area (Å²) in [4.78, 5) is 6.93. The molecule has 160 valence electrons. The van der Waals surface area contributed by atoms with Crippen molar-refractivity contribution in [3.05, 3.63) is 29.8 Å². The second-order valence-electron chi connectivity index (χ2n) is 7.89. The van der Waals surface area contributed by atoms with Gasteiger partial charge in [0.15, 0.2) is 5.96 Å². The molecule has 0 amide bonds. The first kappa shape index (κ1) is 25.0. The predicted molar refractivity (Wildman–Crippen MR) is 130 cm³/mol. The molecule has 1 saturated heterocycles. The first-order valence-electron chi connectivity index (χ1n) is 10.5. The molecule has 0 aromatic heterocycles. The van der Waals surface area contributed by atoms with Gasteiger partial charge in [0.25, 0.3) is 0 Å². The summed E-state index contributed by atoms with van der Waals surface area (Å²) in [6.07, 6.45) is 5.17. The lowest BCUT2D eigenvalue weighted by atomic mass is 10.1. The van der Waals surface area contributed by atoms with E-state index in [1.54, 1.807) is 0 Å². The van der Waals surface area contributed by atoms with E-state index in [0.717, 1.165) is 24.9 Å². The van der Waals surface area contributed by atoms with Gasteiger partial charge in [0, 0.05) is 13.6 Å². The summed E-state index contributed by atoms with van der Waals surface area (Å²) in [6, 6.07) is 8.53. The molecule has 0 radical (unpaired) electrons. The summed E-state index contributed by atoms with van der Waals surface area (Å²) >= 11 is 0. The van der Waals surface area contributed by atoms with E-state index in [1.807, 2.05) is 19.2 Å². The maximum atomic E-state index is 5.76. The Bertz CT molecular complexity index is 556. The van der Waals surface area contributed by atoms with Crippen LogP contribution in [0.5, 0.6) is 5.75 Å². The van der Waals surface area contributed by atoms with Crippen molar-refractivity contribution in [3.63, 3.8) is 0 Å². The molecule has 1 aliphatic rings. The Balaban J connectivity index is 0.00000392. The standard InChI is InChI=1S/C22H38N4O.HI/c1-18(2)17-27-21-11-9-20(10-12-21)19(3)25-22(23-4)24-13-5-6-14-26-15-7-8-16-26;/h9-12,18-19H,5-8,13-17H2,1-4H3,(H2,23,24,25);1H. The summed E-state index contributed by atoms with van der Waals surface area (Å²) in [7, 11) is 1.83. The van der Waals surface area contributed by atoms with E-state index in [9.17, 15) is 0 Å². The predicted octanol–water partition coefficient (Wildman–Crippen LogP) is 4.44. The van der Waals surface area contributed by atoms with Crippen LogP contribution < -0.4 is 15.4 Å². The van der Waals surface area contributed by atoms with Crippen molar-refractivity contribution in [1.29, 1.82) is 0 Å². The molecule has 1 aliphatic heterocycles. The quantitative estimate of drug-likeness (QED) is 0.215. The third-order valence-corrected chi connectivity index (χ3v) is 4.93. The molecule has 0 aliphatic carbocycles. The molecule has 28 heavy (non-hydrogen) atoms. The summed E-state index contributed by atoms with van der Waals surface area (Å²) in [5.41, 5.74) is 1.23. The normalized spacial score (nSPS) is 16.0. The lowest BCUT2D eigenvalue weighted by molar-refractivity contribution is 0.271. The van der Waals surface area contributed by atoms with Crippen molar-refractivity contribution in [1.82, 2.24) is 15.5 Å². The molecular formula is C22H39IN4O. The van der Waals surface area contributed by atoms with Crippen molar-refractivity contribution < 1.29 is 4.74 Å². The number of hydrogen-bond acceptors (Lipinski definition) is 3. The Morgan fingerprint density at radius 1 is 1.11 bits per heavy atom. The van der Waals surface area contributed by atoms with Gasteiger partial charge in [0.1, 0.15) is 5.75 Å². The maximum absolute atomic E-state index is 5.76. The molecule has 1 aromatic carbocycles. The minimum Gasteiger partial charge on any atom is -0.493 e. The molecule has 1 aromatic rings. The zero-order valence-electron chi connectivity index (χ0n) is 18.0. The van der Waals surface area contributed by atoms with Gasteiger partial charge in [-0.25, -0.2) is 0 Å². The van der Waals surface area contributed by atoms with Crippen LogP contribution in [0.15, 0.2) is 29.3 Å². The molecule has 6 heteroatoms. The van der Waals surface area contributed by atoms with Crippen LogP contribution in [0.25, 0.3) is 0 Å². The number of likely N-dealkylation sites (tertiary alicyclic amines) is 1. The van der Waals surface area contributed by atoms with Gasteiger partial charge in [-0.05, 0) is 75.9 Å². The maximum Gasteiger partial charge on any atom is 0.191 e. The molecule has 0 bridgehead atoms. The van der Waals surface area contributed by atoms with Crippen LogP contribution in [0, 0.1) is 5.92 Å². The van der Waals surface area contributed by atoms with Crippen molar-refractivity contribution in [2.75, 3.05) is 39.8 Å². The molecule has 2 N–H and O–H groups in total. The van der Waals surface area contributed by atoms with Gasteiger partial charge in [-0.2, -0.15) is 0 Å². The van der Waals surface area contributed by atoms with E-state index in [-0.39, 0.29) is 30.0 Å². The van der Waals surface area contributed by atoms with Crippen LogP contribution in [-0.2, 0) is 0 Å². The van der Waals surface area contributed by atoms with Crippen LogP contribution >= 0.6 is 24.0 Å². The van der Waals surface area contributed by atoms with Crippen molar-refractivity contribution in [3.8, 4) is 5.75 Å². The van der Waals surface area contributed by atoms with Gasteiger partial charge in [-0.1, -0.05) is 26.0 Å². The van der Waals surface area contributed by atoms with E-state index in [2.05, 4.69) is 53.4 Å². The number of unbranched alkanes of at least 4 members (excludes halogenated alkanes) is 1. The fourth-order valence-corrected chi connectivity index (χ4v) is 3.27. The number of nitrogens with zero attached hydrogens (tertiary/aromatic N) is 2. The van der Waals surface area contributed by atoms with Crippen LogP contribution in [0.1, 0.15) is 58.1 Å². The lowest BCUT2D eigenvalue weighted by Crippen LogP contribution is -2.39. The Kier molecular flexibility index (Phi) is 12.5. The number of halogens is 1. The molecule has 5 nitrogen and oxygen atoms in total. The molecule has 1 fully saturated rings. The third-order valence-electron chi connectivity index (χ3n) is 4.93. The Morgan fingerprint density at radius 2 is 1.79 bits per heavy atom. The van der Waals surface area contributed by atoms with Gasteiger partial charge in [-0.15, -0.1) is 24.0 Å². The van der Waals surface area contributed by atoms with Crippen LogP contribution in [-0.4, -0.2) is 50.7 Å². The minimum absolute atomic E-state index is 0. The molecule has 0 spiro atoms. The molecule has 1 unspecified atom stereocenters. The van der Waals surface area contributed by atoms with E-state index >= 15 is 0 Å². The summed E-state index contributed by atoms with van der Waals surface area (Å²) in [5.74, 6) is 2.33. The second kappa shape index (κ2) is 14.0. The Morgan fingerprint density at radius 3 is 2.39 bits per heavy atom. The highest BCUT2D eigenvalue weighted by molar-refractivity contribution is 14.0. The van der Waals surface area contributed by atoms with Gasteiger partial charge in [0.2, 0.25) is 0 Å². The molecule has 2 rings (SSSR count). The number of rotatable bonds is 10. The number of guanidine groups is 1. The number of hydrogen-bond donors (Lipinski definition) is 2. The average Bonchev–Trinajstić information content (AvgIpc) is 3.19. The molecule has 1 heterocycles. The van der Waals surface area contributed by atoms with Crippen molar-refractivity contribution in [2.24, 2.45) is 10.9 Å². The summed E-state index contributed by atoms with van der Waals surface area (Å²) in [5, 5.41) is 6.91. The Labute approximate surface area is 188 Å². The number of nitrogens with one attached hydrogen (secondary N) is 2. The average molecular weight is 502 g/mol. The van der Waals surface area contributed by atoms with Gasteiger partial charge in [0.05, 0.1) is 12.6 Å². The smallest absolute Gasteiger partial charge is 0.191 e. The first-order chi connectivity index (χ1) is 13.1. The topological polar surface area (TPSA) is 48.9 Å². The van der Waals surface area contributed by atoms with Crippen molar-refractivity contribution in [2.45, 2.75) is 52.5 Å². The van der Waals surface area contributed by atoms with Crippen LogP contribution in [0.2, 0.25) is 0 Å². The summed E-state index contributed by atoms with van der Waals surface area (Å²) in [6.45, 7) is 12.0. The highest BCUT2D eigenvalue weighted by atomic mass is 127. The zero-order chi connectivity index (χ0) is 19.5. The molecule has 1 atom stereocenters. The lowest BCUT2D eigenvalue weighted by Gasteiger charge is -2.19. The second-order valence-corrected chi connectivity index (χ2v) is 7.89. The van der Waals surface area contributed by atoms with E-state index < -0.39 is 0 Å². The molecular weight excluding hydrogens is 463 g/mol. The number of aliphatic imine (C=N–C) groups is 1. The van der Waals surface area contributed by atoms with Crippen LogP contribution in [0.3, 0.4) is 0 Å². The first-order valence-corrected chi connectivity index (χ1v) is 10.5. The van der Waals surface area contributed by atoms with E-state index in [1.165, 1.54) is 50.9 Å². The monoisotopic (exact) mass is 502 g/mol. The molecule has 0 saturated carbocycles. The SMILES string of the molecule is CN=C(NCCCCN1CCCC1)NC(C)c1ccc(OCC(C)C)cc1.I. The highest BCUT2D eigenvalue weighted by Gasteiger charge is 2.11. The number of ether oxygens (including phenoxy) is 1. The zero-order valence-corrected chi connectivity index (χ0v) is 20.4. The Hall–Kier alpha value is -1.02. The fraction of sp³-hybridized carbons (Fsp3) is 0.682. The van der Waals surface area contributed by atoms with Gasteiger partial charge < -0.3 is 20.3 Å². The van der Waals surface area contributed by atoms with E-state index in [4.69, 9.17) is 4.74 Å². The van der Waals surface area contributed by atoms with E-state index in [0.29, 0.717) is 5.92 Å². The fourth-order valence-electron chi connectivity index (χ4n) is 3.27. The number of benzene rings is 1. The highest BCUT2D eigenvalue weighted by Crippen LogP contribution is 2.18. The third kappa shape index (κ3) is 9.45. The largest absolute Gasteiger partial charge is 0.493 e. The summed E-state index contributed by atoms with van der Waals surface area (Å²) < 4.78 is 5.76. The minimum atomic E-state index is 0. The van der Waals surface area contributed by atoms with Gasteiger partial charge in [-0.3, -0.25) is 4.99 Å².